The van der Waals surface area contributed by atoms with Crippen LogP contribution >= 0.6 is 0 Å². The molecule has 0 radical (unpaired) electrons. The molecule has 0 bridgehead atoms. The molecular weight excluding hydrogens is 244 g/mol. The minimum atomic E-state index is -0.0880. The van der Waals surface area contributed by atoms with E-state index < -0.39 is 0 Å². The highest BCUT2D eigenvalue weighted by molar-refractivity contribution is 5.99. The zero-order valence-corrected chi connectivity index (χ0v) is 12.2. The molecule has 3 unspecified atom stereocenters. The number of hydrogen-bond donors (Lipinski definition) is 1. The molecule has 5 heteroatoms. The van der Waals surface area contributed by atoms with Gasteiger partial charge in [0.25, 0.3) is 0 Å². The molecule has 0 aromatic heterocycles. The summed E-state index contributed by atoms with van der Waals surface area (Å²) in [6.45, 7) is 5.68. The van der Waals surface area contributed by atoms with Crippen LogP contribution in [0.2, 0.25) is 0 Å². The topological polar surface area (TPSA) is 72.6 Å². The lowest BCUT2D eigenvalue weighted by molar-refractivity contribution is -0.144. The Morgan fingerprint density at radius 3 is 2.53 bits per heavy atom. The van der Waals surface area contributed by atoms with Crippen molar-refractivity contribution in [2.24, 2.45) is 11.7 Å². The number of piperidine rings is 1. The van der Waals surface area contributed by atoms with Gasteiger partial charge in [-0.2, -0.15) is 0 Å². The molecule has 0 amide bonds. The van der Waals surface area contributed by atoms with Gasteiger partial charge in [0.05, 0.1) is 12.6 Å². The fourth-order valence-electron chi connectivity index (χ4n) is 2.19. The highest BCUT2D eigenvalue weighted by Crippen LogP contribution is 2.24. The summed E-state index contributed by atoms with van der Waals surface area (Å²) in [5, 5.41) is 0. The molecule has 0 spiro atoms. The van der Waals surface area contributed by atoms with Gasteiger partial charge in [0, 0.05) is 18.9 Å². The molecule has 0 aromatic rings. The molecular formula is C14H26N2O3. The van der Waals surface area contributed by atoms with Crippen LogP contribution in [0.1, 0.15) is 39.5 Å². The summed E-state index contributed by atoms with van der Waals surface area (Å²) in [7, 11) is 2.14. The van der Waals surface area contributed by atoms with Crippen molar-refractivity contribution in [2.75, 3.05) is 20.2 Å². The molecule has 5 nitrogen and oxygen atoms in total. The Bertz CT molecular complexity index is 320. The van der Waals surface area contributed by atoms with E-state index in [2.05, 4.69) is 18.9 Å². The van der Waals surface area contributed by atoms with Crippen molar-refractivity contribution in [2.45, 2.75) is 51.6 Å². The monoisotopic (exact) mass is 270 g/mol. The molecule has 2 N–H and O–H groups in total. The van der Waals surface area contributed by atoms with Gasteiger partial charge in [-0.1, -0.05) is 0 Å². The Hall–Kier alpha value is -0.940. The average molecular weight is 270 g/mol. The van der Waals surface area contributed by atoms with Crippen LogP contribution in [-0.2, 0) is 14.3 Å². The summed E-state index contributed by atoms with van der Waals surface area (Å²) in [5.74, 6) is 0.694. The number of esters is 1. The fourth-order valence-corrected chi connectivity index (χ4v) is 2.19. The van der Waals surface area contributed by atoms with Crippen LogP contribution in [0.15, 0.2) is 0 Å². The van der Waals surface area contributed by atoms with Gasteiger partial charge in [-0.05, 0) is 46.2 Å². The summed E-state index contributed by atoms with van der Waals surface area (Å²) in [6.07, 6.45) is 3.46. The summed E-state index contributed by atoms with van der Waals surface area (Å²) in [4.78, 5) is 23.4. The quantitative estimate of drug-likeness (QED) is 0.773. The summed E-state index contributed by atoms with van der Waals surface area (Å²) in [6, 6.07) is 0.512. The Kier molecular flexibility index (Phi) is 6.45. The number of rotatable bonds is 3. The highest BCUT2D eigenvalue weighted by atomic mass is 16.5. The minimum Gasteiger partial charge on any atom is -0.466 e. The lowest BCUT2D eigenvalue weighted by Gasteiger charge is -2.34. The van der Waals surface area contributed by atoms with Crippen LogP contribution in [0.25, 0.3) is 0 Å². The molecule has 2 fully saturated rings. The first-order valence-corrected chi connectivity index (χ1v) is 7.08. The van der Waals surface area contributed by atoms with Crippen molar-refractivity contribution >= 4 is 11.8 Å². The molecule has 110 valence electrons. The van der Waals surface area contributed by atoms with E-state index >= 15 is 0 Å². The molecule has 1 saturated carbocycles. The summed E-state index contributed by atoms with van der Waals surface area (Å²) < 4.78 is 4.95. The Morgan fingerprint density at radius 2 is 2.11 bits per heavy atom. The van der Waals surface area contributed by atoms with Gasteiger partial charge in [-0.3, -0.25) is 9.59 Å². The smallest absolute Gasteiger partial charge is 0.306 e. The molecule has 1 saturated heterocycles. The number of nitrogens with zero attached hydrogens (tertiary/aromatic N) is 1. The van der Waals surface area contributed by atoms with Crippen LogP contribution in [-0.4, -0.2) is 48.9 Å². The van der Waals surface area contributed by atoms with E-state index in [1.54, 1.807) is 0 Å². The molecule has 1 aliphatic carbocycles. The van der Waals surface area contributed by atoms with E-state index in [1.165, 1.54) is 0 Å². The normalized spacial score (nSPS) is 30.3. The predicted octanol–water partition coefficient (Wildman–Crippen LogP) is 0.956. The fraction of sp³-hybridized carbons (Fsp3) is 0.857. The van der Waals surface area contributed by atoms with Gasteiger partial charge in [0.1, 0.15) is 0 Å². The van der Waals surface area contributed by atoms with E-state index in [9.17, 15) is 9.59 Å². The number of nitrogens with two attached hydrogens (primary N) is 1. The third-order valence-electron chi connectivity index (χ3n) is 3.75. The number of ether oxygens (including phenoxy) is 1. The van der Waals surface area contributed by atoms with Crippen LogP contribution in [0.3, 0.4) is 0 Å². The van der Waals surface area contributed by atoms with Gasteiger partial charge < -0.3 is 15.4 Å². The maximum atomic E-state index is 11.3. The first-order chi connectivity index (χ1) is 8.93. The van der Waals surface area contributed by atoms with Crippen molar-refractivity contribution in [3.8, 4) is 0 Å². The summed E-state index contributed by atoms with van der Waals surface area (Å²) >= 11 is 0. The number of carbonyl (C=O) groups is 2. The van der Waals surface area contributed by atoms with Crippen LogP contribution in [0, 0.1) is 5.92 Å². The molecule has 0 aromatic carbocycles. The third-order valence-corrected chi connectivity index (χ3v) is 3.75. The molecule has 1 heterocycles. The van der Waals surface area contributed by atoms with Gasteiger partial charge in [0.15, 0.2) is 5.78 Å². The van der Waals surface area contributed by atoms with E-state index in [0.29, 0.717) is 31.4 Å². The minimum absolute atomic E-state index is 0.0331. The van der Waals surface area contributed by atoms with E-state index in [-0.39, 0.29) is 17.8 Å². The Balaban J connectivity index is 0.000000300. The number of Topliss-reactive ketones (excluding diaryl/α,β-unsaturated/α-hetero) is 1. The predicted molar refractivity (Wildman–Crippen MR) is 73.7 cm³/mol. The Morgan fingerprint density at radius 1 is 1.53 bits per heavy atom. The highest BCUT2D eigenvalue weighted by Gasteiger charge is 2.29. The largest absolute Gasteiger partial charge is 0.466 e. The van der Waals surface area contributed by atoms with E-state index in [4.69, 9.17) is 10.5 Å². The van der Waals surface area contributed by atoms with Gasteiger partial charge in [0.2, 0.25) is 0 Å². The molecule has 2 rings (SSSR count). The maximum Gasteiger partial charge on any atom is 0.306 e. The summed E-state index contributed by atoms with van der Waals surface area (Å²) in [5.41, 5.74) is 5.02. The second-order valence-electron chi connectivity index (χ2n) is 5.51. The second-order valence-corrected chi connectivity index (χ2v) is 5.51. The van der Waals surface area contributed by atoms with Crippen molar-refractivity contribution in [3.05, 3.63) is 0 Å². The SMILES string of the molecule is CCOC(=O)CC1CCN(C)C(C)C1.NC1CC1=O. The van der Waals surface area contributed by atoms with E-state index in [1.807, 2.05) is 6.92 Å². The van der Waals surface area contributed by atoms with Crippen LogP contribution in [0.4, 0.5) is 0 Å². The average Bonchev–Trinajstić information content (AvgIpc) is 2.98. The van der Waals surface area contributed by atoms with Gasteiger partial charge in [-0.25, -0.2) is 0 Å². The van der Waals surface area contributed by atoms with Crippen LogP contribution < -0.4 is 5.73 Å². The first kappa shape index (κ1) is 16.1. The van der Waals surface area contributed by atoms with Crippen molar-refractivity contribution in [3.63, 3.8) is 0 Å². The number of carbonyl (C=O) groups excluding carboxylic acids is 2. The van der Waals surface area contributed by atoms with Crippen molar-refractivity contribution < 1.29 is 14.3 Å². The van der Waals surface area contributed by atoms with Crippen molar-refractivity contribution in [1.82, 2.24) is 4.90 Å². The second kappa shape index (κ2) is 7.60. The Labute approximate surface area is 115 Å². The molecule has 19 heavy (non-hydrogen) atoms. The molecule has 3 atom stereocenters. The van der Waals surface area contributed by atoms with Crippen LogP contribution in [0.5, 0.6) is 0 Å². The first-order valence-electron chi connectivity index (χ1n) is 7.08. The van der Waals surface area contributed by atoms with Gasteiger partial charge >= 0.3 is 5.97 Å². The van der Waals surface area contributed by atoms with E-state index in [0.717, 1.165) is 19.4 Å². The third kappa shape index (κ3) is 6.16. The number of hydrogen-bond acceptors (Lipinski definition) is 5. The lowest BCUT2D eigenvalue weighted by atomic mass is 9.89. The van der Waals surface area contributed by atoms with Gasteiger partial charge in [-0.15, -0.1) is 0 Å². The lowest BCUT2D eigenvalue weighted by Crippen LogP contribution is -2.38. The molecule has 1 aliphatic heterocycles. The maximum absolute atomic E-state index is 11.3. The molecule has 2 aliphatic rings. The number of likely N-dealkylation sites (tertiary alicyclic amines) is 1. The standard InChI is InChI=1S/C11H21NO2.C3H5NO/c1-4-14-11(13)8-10-5-6-12(3)9(2)7-10;4-2-1-3(2)5/h9-10H,4-8H2,1-3H3;2H,1,4H2. The van der Waals surface area contributed by atoms with Crippen molar-refractivity contribution in [1.29, 1.82) is 0 Å². The zero-order valence-electron chi connectivity index (χ0n) is 12.2. The number of ketones is 1. The zero-order chi connectivity index (χ0) is 14.4.